The van der Waals surface area contributed by atoms with Gasteiger partial charge in [0.1, 0.15) is 0 Å². The number of halogens is 1. The number of rotatable bonds is 4. The van der Waals surface area contributed by atoms with Crippen molar-refractivity contribution in [2.45, 2.75) is 25.6 Å². The Labute approximate surface area is 163 Å². The predicted molar refractivity (Wildman–Crippen MR) is 108 cm³/mol. The van der Waals surface area contributed by atoms with E-state index < -0.39 is 0 Å². The molecule has 0 radical (unpaired) electrons. The van der Waals surface area contributed by atoms with E-state index in [2.05, 4.69) is 35.2 Å². The van der Waals surface area contributed by atoms with Crippen LogP contribution in [0.3, 0.4) is 0 Å². The van der Waals surface area contributed by atoms with Gasteiger partial charge in [0.15, 0.2) is 10.6 Å². The number of hydrogen-bond donors (Lipinski definition) is 0. The molecule has 2 aromatic carbocycles. The van der Waals surface area contributed by atoms with E-state index in [-0.39, 0.29) is 0 Å². The van der Waals surface area contributed by atoms with Gasteiger partial charge < -0.3 is 4.57 Å². The Morgan fingerprint density at radius 2 is 1.85 bits per heavy atom. The summed E-state index contributed by atoms with van der Waals surface area (Å²) in [6.45, 7) is 1.75. The van der Waals surface area contributed by atoms with Crippen molar-refractivity contribution in [3.05, 3.63) is 70.0 Å². The van der Waals surface area contributed by atoms with E-state index in [1.807, 2.05) is 40.6 Å². The van der Waals surface area contributed by atoms with Crippen molar-refractivity contribution in [1.82, 2.24) is 19.2 Å². The Hall–Kier alpha value is -1.95. The molecule has 4 rings (SSSR count). The van der Waals surface area contributed by atoms with Gasteiger partial charge in [-0.15, -0.1) is 0 Å². The zero-order valence-electron chi connectivity index (χ0n) is 14.7. The van der Waals surface area contributed by atoms with E-state index in [1.165, 1.54) is 18.4 Å². The van der Waals surface area contributed by atoms with Gasteiger partial charge in [0.05, 0.1) is 11.7 Å². The van der Waals surface area contributed by atoms with Crippen LogP contribution < -0.4 is 0 Å². The summed E-state index contributed by atoms with van der Waals surface area (Å²) >= 11 is 12.0. The van der Waals surface area contributed by atoms with Crippen LogP contribution in [0.25, 0.3) is 11.4 Å². The maximum atomic E-state index is 6.36. The minimum atomic E-state index is 0.420. The average Bonchev–Trinajstić information content (AvgIpc) is 3.23. The van der Waals surface area contributed by atoms with E-state index in [0.29, 0.717) is 22.5 Å². The van der Waals surface area contributed by atoms with E-state index in [9.17, 15) is 0 Å². The molecular weight excluding hydrogens is 364 g/mol. The summed E-state index contributed by atoms with van der Waals surface area (Å²) in [6.07, 6.45) is 2.36. The lowest BCUT2D eigenvalue weighted by molar-refractivity contribution is 0.190. The maximum absolute atomic E-state index is 6.36. The summed E-state index contributed by atoms with van der Waals surface area (Å²) in [7, 11) is 1.95. The first-order valence-electron chi connectivity index (χ1n) is 8.83. The third kappa shape index (κ3) is 3.22. The Bertz CT molecular complexity index is 963. The standard InChI is InChI=1S/C20H21ClN4S/c1-23-19(16-10-5-6-11-17(16)21)22-25(20(23)26)14-24-13-7-12-18(24)15-8-3-2-4-9-15/h2-6,8-11,18H,7,12-14H2,1H3. The molecule has 0 N–H and O–H groups in total. The summed E-state index contributed by atoms with van der Waals surface area (Å²) < 4.78 is 4.55. The topological polar surface area (TPSA) is 26.0 Å². The third-order valence-electron chi connectivity index (χ3n) is 5.02. The predicted octanol–water partition coefficient (Wildman–Crippen LogP) is 5.07. The summed E-state index contributed by atoms with van der Waals surface area (Å²) in [5.74, 6) is 0.802. The summed E-state index contributed by atoms with van der Waals surface area (Å²) in [4.78, 5) is 2.45. The summed E-state index contributed by atoms with van der Waals surface area (Å²) in [6, 6.07) is 18.9. The maximum Gasteiger partial charge on any atom is 0.199 e. The average molecular weight is 385 g/mol. The van der Waals surface area contributed by atoms with Crippen LogP contribution in [0.5, 0.6) is 0 Å². The molecule has 3 aromatic rings. The summed E-state index contributed by atoms with van der Waals surface area (Å²) in [5, 5.41) is 5.47. The molecule has 134 valence electrons. The highest BCUT2D eigenvalue weighted by Gasteiger charge is 2.27. The first-order chi connectivity index (χ1) is 12.6. The van der Waals surface area contributed by atoms with Crippen molar-refractivity contribution in [3.63, 3.8) is 0 Å². The molecule has 1 aliphatic heterocycles. The first kappa shape index (κ1) is 17.5. The molecule has 1 aliphatic rings. The lowest BCUT2D eigenvalue weighted by atomic mass is 10.1. The van der Waals surface area contributed by atoms with Crippen LogP contribution in [-0.4, -0.2) is 25.8 Å². The van der Waals surface area contributed by atoms with Gasteiger partial charge in [-0.05, 0) is 42.8 Å². The number of hydrogen-bond acceptors (Lipinski definition) is 3. The number of nitrogens with zero attached hydrogens (tertiary/aromatic N) is 4. The lowest BCUT2D eigenvalue weighted by Gasteiger charge is -2.24. The highest BCUT2D eigenvalue weighted by molar-refractivity contribution is 7.71. The lowest BCUT2D eigenvalue weighted by Crippen LogP contribution is -2.27. The van der Waals surface area contributed by atoms with Gasteiger partial charge in [-0.25, -0.2) is 4.68 Å². The van der Waals surface area contributed by atoms with Crippen LogP contribution in [0.1, 0.15) is 24.4 Å². The van der Waals surface area contributed by atoms with E-state index in [0.717, 1.165) is 17.9 Å². The molecule has 0 bridgehead atoms. The van der Waals surface area contributed by atoms with Crippen molar-refractivity contribution in [1.29, 1.82) is 0 Å². The quantitative estimate of drug-likeness (QED) is 0.587. The second-order valence-electron chi connectivity index (χ2n) is 6.67. The van der Waals surface area contributed by atoms with Crippen molar-refractivity contribution >= 4 is 23.8 Å². The highest BCUT2D eigenvalue weighted by Crippen LogP contribution is 2.32. The van der Waals surface area contributed by atoms with Gasteiger partial charge in [-0.3, -0.25) is 4.90 Å². The monoisotopic (exact) mass is 384 g/mol. The van der Waals surface area contributed by atoms with Crippen molar-refractivity contribution in [3.8, 4) is 11.4 Å². The van der Waals surface area contributed by atoms with Gasteiger partial charge in [0, 0.05) is 25.2 Å². The van der Waals surface area contributed by atoms with E-state index >= 15 is 0 Å². The third-order valence-corrected chi connectivity index (χ3v) is 5.83. The van der Waals surface area contributed by atoms with Crippen molar-refractivity contribution < 1.29 is 0 Å². The smallest absolute Gasteiger partial charge is 0.199 e. The van der Waals surface area contributed by atoms with E-state index in [1.54, 1.807) is 0 Å². The van der Waals surface area contributed by atoms with Gasteiger partial charge >= 0.3 is 0 Å². The Morgan fingerprint density at radius 3 is 2.62 bits per heavy atom. The molecule has 1 aromatic heterocycles. The van der Waals surface area contributed by atoms with Crippen LogP contribution in [0.4, 0.5) is 0 Å². The SMILES string of the molecule is Cn1c(-c2ccccc2Cl)nn(CN2CCCC2c2ccccc2)c1=S. The van der Waals surface area contributed by atoms with Crippen LogP contribution in [0.2, 0.25) is 5.02 Å². The second kappa shape index (κ2) is 7.35. The van der Waals surface area contributed by atoms with Gasteiger partial charge in [0.2, 0.25) is 0 Å². The molecule has 1 fully saturated rings. The Kier molecular flexibility index (Phi) is 4.94. The Morgan fingerprint density at radius 1 is 1.12 bits per heavy atom. The second-order valence-corrected chi connectivity index (χ2v) is 7.44. The summed E-state index contributed by atoms with van der Waals surface area (Å²) in [5.41, 5.74) is 2.27. The Balaban J connectivity index is 1.64. The van der Waals surface area contributed by atoms with Crippen LogP contribution in [0, 0.1) is 4.77 Å². The fraction of sp³-hybridized carbons (Fsp3) is 0.300. The fourth-order valence-electron chi connectivity index (χ4n) is 3.68. The normalized spacial score (nSPS) is 17.7. The molecule has 0 spiro atoms. The molecule has 1 unspecified atom stereocenters. The molecule has 26 heavy (non-hydrogen) atoms. The molecule has 2 heterocycles. The van der Waals surface area contributed by atoms with Crippen LogP contribution in [-0.2, 0) is 13.7 Å². The largest absolute Gasteiger partial charge is 0.303 e. The molecule has 0 amide bonds. The van der Waals surface area contributed by atoms with Crippen LogP contribution >= 0.6 is 23.8 Å². The zero-order chi connectivity index (χ0) is 18.1. The highest BCUT2D eigenvalue weighted by atomic mass is 35.5. The minimum absolute atomic E-state index is 0.420. The van der Waals surface area contributed by atoms with Crippen LogP contribution in [0.15, 0.2) is 54.6 Å². The molecular formula is C20H21ClN4S. The van der Waals surface area contributed by atoms with Crippen molar-refractivity contribution in [2.24, 2.45) is 7.05 Å². The molecule has 6 heteroatoms. The fourth-order valence-corrected chi connectivity index (χ4v) is 4.08. The van der Waals surface area contributed by atoms with Crippen molar-refractivity contribution in [2.75, 3.05) is 6.54 Å². The minimum Gasteiger partial charge on any atom is -0.303 e. The first-order valence-corrected chi connectivity index (χ1v) is 9.61. The molecule has 1 saturated heterocycles. The number of likely N-dealkylation sites (tertiary alicyclic amines) is 1. The van der Waals surface area contributed by atoms with E-state index in [4.69, 9.17) is 28.9 Å². The molecule has 0 aliphatic carbocycles. The number of aromatic nitrogens is 3. The van der Waals surface area contributed by atoms with Gasteiger partial charge in [-0.2, -0.15) is 5.10 Å². The zero-order valence-corrected chi connectivity index (χ0v) is 16.2. The number of benzene rings is 2. The van der Waals surface area contributed by atoms with Gasteiger partial charge in [0.25, 0.3) is 0 Å². The molecule has 4 nitrogen and oxygen atoms in total. The van der Waals surface area contributed by atoms with Gasteiger partial charge in [-0.1, -0.05) is 54.1 Å². The molecule has 0 saturated carbocycles. The molecule has 1 atom stereocenters.